The smallest absolute Gasteiger partial charge is 0.262 e. The number of hydrogen-bond donors (Lipinski definition) is 2. The molecule has 0 aliphatic rings. The van der Waals surface area contributed by atoms with Gasteiger partial charge in [0.25, 0.3) is 11.5 Å². The molecule has 0 unspecified atom stereocenters. The van der Waals surface area contributed by atoms with Crippen LogP contribution in [0.1, 0.15) is 22.3 Å². The van der Waals surface area contributed by atoms with E-state index in [1.54, 1.807) is 43.5 Å². The average molecular weight is 401 g/mol. The largest absolute Gasteiger partial charge is 0.385 e. The number of fused-ring (bicyclic) bond motifs is 1. The van der Waals surface area contributed by atoms with E-state index in [1.165, 1.54) is 10.6 Å². The van der Waals surface area contributed by atoms with E-state index >= 15 is 0 Å². The van der Waals surface area contributed by atoms with Crippen molar-refractivity contribution < 1.29 is 13.9 Å². The Balaban J connectivity index is 1.83. The quantitative estimate of drug-likeness (QED) is 0.471. The number of halogens is 1. The molecule has 3 aromatic rings. The van der Waals surface area contributed by atoms with Crippen LogP contribution in [-0.2, 0) is 17.8 Å². The van der Waals surface area contributed by atoms with Crippen LogP contribution in [0, 0.1) is 10.6 Å². The zero-order valence-electron chi connectivity index (χ0n) is 15.3. The van der Waals surface area contributed by atoms with Gasteiger partial charge in [-0.25, -0.2) is 4.39 Å². The molecule has 0 fully saturated rings. The number of H-pyrrole nitrogens is 1. The van der Waals surface area contributed by atoms with Crippen LogP contribution >= 0.6 is 12.2 Å². The number of carbonyl (C=O) groups is 1. The van der Waals surface area contributed by atoms with Gasteiger partial charge in [0, 0.05) is 37.9 Å². The molecule has 0 saturated heterocycles. The zero-order chi connectivity index (χ0) is 20.1. The van der Waals surface area contributed by atoms with Gasteiger partial charge >= 0.3 is 0 Å². The molecular formula is C20H20FN3O3S. The first-order valence-electron chi connectivity index (χ1n) is 8.78. The number of aromatic nitrogens is 2. The summed E-state index contributed by atoms with van der Waals surface area (Å²) < 4.78 is 20.5. The number of ether oxygens (including phenoxy) is 1. The van der Waals surface area contributed by atoms with E-state index in [-0.39, 0.29) is 28.6 Å². The predicted octanol–water partition coefficient (Wildman–Crippen LogP) is 3.16. The highest BCUT2D eigenvalue weighted by Crippen LogP contribution is 2.12. The molecule has 0 radical (unpaired) electrons. The summed E-state index contributed by atoms with van der Waals surface area (Å²) in [6.45, 7) is 1.05. The maximum atomic E-state index is 13.7. The van der Waals surface area contributed by atoms with Crippen molar-refractivity contribution in [1.82, 2.24) is 14.9 Å². The molecule has 2 N–H and O–H groups in total. The second-order valence-electron chi connectivity index (χ2n) is 6.27. The molecule has 28 heavy (non-hydrogen) atoms. The van der Waals surface area contributed by atoms with Crippen LogP contribution in [0.25, 0.3) is 10.9 Å². The number of methoxy groups -OCH3 is 1. The lowest BCUT2D eigenvalue weighted by molar-refractivity contribution is 0.0950. The molecule has 0 saturated carbocycles. The van der Waals surface area contributed by atoms with E-state index < -0.39 is 0 Å². The van der Waals surface area contributed by atoms with Crippen LogP contribution in [-0.4, -0.2) is 29.2 Å². The van der Waals surface area contributed by atoms with Gasteiger partial charge in [-0.15, -0.1) is 0 Å². The summed E-state index contributed by atoms with van der Waals surface area (Å²) in [5, 5.41) is 3.12. The van der Waals surface area contributed by atoms with Gasteiger partial charge in [-0.3, -0.25) is 14.2 Å². The maximum absolute atomic E-state index is 13.7. The Morgan fingerprint density at radius 2 is 2.07 bits per heavy atom. The summed E-state index contributed by atoms with van der Waals surface area (Å²) >= 11 is 5.28. The van der Waals surface area contributed by atoms with Gasteiger partial charge in [-0.2, -0.15) is 0 Å². The standard InChI is InChI=1S/C20H20FN3O3S/c1-27-10-4-9-24-19(26)15-8-7-13(11-17(15)23-20(24)28)18(25)22-12-14-5-2-3-6-16(14)21/h2-3,5-8,11H,4,9-10,12H2,1H3,(H,22,25)(H,23,28). The number of hydrogen-bond acceptors (Lipinski definition) is 4. The number of amides is 1. The van der Waals surface area contributed by atoms with Gasteiger partial charge in [0.15, 0.2) is 4.77 Å². The molecule has 0 bridgehead atoms. The van der Waals surface area contributed by atoms with Gasteiger partial charge in [0.05, 0.1) is 10.9 Å². The van der Waals surface area contributed by atoms with Crippen LogP contribution < -0.4 is 10.9 Å². The first-order valence-corrected chi connectivity index (χ1v) is 9.19. The first kappa shape index (κ1) is 19.9. The summed E-state index contributed by atoms with van der Waals surface area (Å²) in [5.41, 5.74) is 1.02. The molecule has 1 heterocycles. The average Bonchev–Trinajstić information content (AvgIpc) is 2.69. The van der Waals surface area contributed by atoms with Crippen molar-refractivity contribution in [1.29, 1.82) is 0 Å². The molecule has 0 spiro atoms. The number of nitrogens with one attached hydrogen (secondary N) is 2. The molecule has 2 aromatic carbocycles. The minimum Gasteiger partial charge on any atom is -0.385 e. The Morgan fingerprint density at radius 1 is 1.29 bits per heavy atom. The zero-order valence-corrected chi connectivity index (χ0v) is 16.1. The van der Waals surface area contributed by atoms with Crippen molar-refractivity contribution in [2.45, 2.75) is 19.5 Å². The van der Waals surface area contributed by atoms with E-state index in [9.17, 15) is 14.0 Å². The van der Waals surface area contributed by atoms with Crippen LogP contribution in [0.5, 0.6) is 0 Å². The lowest BCUT2D eigenvalue weighted by Crippen LogP contribution is -2.25. The molecule has 0 atom stereocenters. The normalized spacial score (nSPS) is 10.9. The predicted molar refractivity (Wildman–Crippen MR) is 107 cm³/mol. The third kappa shape index (κ3) is 4.35. The van der Waals surface area contributed by atoms with Crippen LogP contribution in [0.15, 0.2) is 47.3 Å². The monoisotopic (exact) mass is 401 g/mol. The second kappa shape index (κ2) is 8.90. The number of rotatable bonds is 7. The molecule has 8 heteroatoms. The van der Waals surface area contributed by atoms with Crippen LogP contribution in [0.3, 0.4) is 0 Å². The van der Waals surface area contributed by atoms with Crippen LogP contribution in [0.4, 0.5) is 4.39 Å². The minimum atomic E-state index is -0.376. The summed E-state index contributed by atoms with van der Waals surface area (Å²) in [6.07, 6.45) is 0.663. The summed E-state index contributed by atoms with van der Waals surface area (Å²) in [4.78, 5) is 28.1. The number of nitrogens with zero attached hydrogens (tertiary/aromatic N) is 1. The van der Waals surface area contributed by atoms with E-state index in [1.807, 2.05) is 0 Å². The Bertz CT molecular complexity index is 1120. The number of aromatic amines is 1. The van der Waals surface area contributed by atoms with Gasteiger partial charge in [0.1, 0.15) is 5.82 Å². The lowest BCUT2D eigenvalue weighted by atomic mass is 10.1. The van der Waals surface area contributed by atoms with Crippen molar-refractivity contribution in [2.75, 3.05) is 13.7 Å². The Labute approximate surface area is 166 Å². The SMILES string of the molecule is COCCCn1c(=S)[nH]c2cc(C(=O)NCc3ccccc3F)ccc2c1=O. The van der Waals surface area contributed by atoms with Crippen molar-refractivity contribution in [3.8, 4) is 0 Å². The number of benzene rings is 2. The van der Waals surface area contributed by atoms with Crippen molar-refractivity contribution >= 4 is 29.0 Å². The number of carbonyl (C=O) groups excluding carboxylic acids is 1. The molecule has 3 rings (SSSR count). The van der Waals surface area contributed by atoms with Gasteiger partial charge in [-0.05, 0) is 42.9 Å². The maximum Gasteiger partial charge on any atom is 0.262 e. The molecule has 1 aromatic heterocycles. The summed E-state index contributed by atoms with van der Waals surface area (Å²) in [5.74, 6) is -0.742. The molecular weight excluding hydrogens is 381 g/mol. The Hall–Kier alpha value is -2.84. The highest BCUT2D eigenvalue weighted by atomic mass is 32.1. The second-order valence-corrected chi connectivity index (χ2v) is 6.65. The summed E-state index contributed by atoms with van der Waals surface area (Å²) in [6, 6.07) is 11.0. The van der Waals surface area contributed by atoms with Gasteiger partial charge in [-0.1, -0.05) is 18.2 Å². The fourth-order valence-electron chi connectivity index (χ4n) is 2.89. The third-order valence-electron chi connectivity index (χ3n) is 4.37. The minimum absolute atomic E-state index is 0.0701. The molecule has 0 aliphatic carbocycles. The van der Waals surface area contributed by atoms with E-state index in [4.69, 9.17) is 17.0 Å². The first-order chi connectivity index (χ1) is 13.5. The highest BCUT2D eigenvalue weighted by molar-refractivity contribution is 7.71. The lowest BCUT2D eigenvalue weighted by Gasteiger charge is -2.10. The Kier molecular flexibility index (Phi) is 6.33. The summed E-state index contributed by atoms with van der Waals surface area (Å²) in [7, 11) is 1.60. The van der Waals surface area contributed by atoms with E-state index in [0.29, 0.717) is 41.6 Å². The molecule has 1 amide bonds. The fraction of sp³-hybridized carbons (Fsp3) is 0.250. The Morgan fingerprint density at radius 3 is 2.82 bits per heavy atom. The van der Waals surface area contributed by atoms with Crippen molar-refractivity contribution in [2.24, 2.45) is 0 Å². The van der Waals surface area contributed by atoms with E-state index in [2.05, 4.69) is 10.3 Å². The highest BCUT2D eigenvalue weighted by Gasteiger charge is 2.11. The van der Waals surface area contributed by atoms with Crippen LogP contribution in [0.2, 0.25) is 0 Å². The topological polar surface area (TPSA) is 76.1 Å². The molecule has 6 nitrogen and oxygen atoms in total. The van der Waals surface area contributed by atoms with Crippen molar-refractivity contribution in [3.63, 3.8) is 0 Å². The molecule has 146 valence electrons. The van der Waals surface area contributed by atoms with Gasteiger partial charge in [0.2, 0.25) is 0 Å². The fourth-order valence-corrected chi connectivity index (χ4v) is 3.17. The third-order valence-corrected chi connectivity index (χ3v) is 4.69. The van der Waals surface area contributed by atoms with Crippen molar-refractivity contribution in [3.05, 3.63) is 74.5 Å². The van der Waals surface area contributed by atoms with E-state index in [0.717, 1.165) is 0 Å². The molecule has 0 aliphatic heterocycles. The van der Waals surface area contributed by atoms with Gasteiger partial charge < -0.3 is 15.0 Å².